The Morgan fingerprint density at radius 1 is 1.48 bits per heavy atom. The molecular weight excluding hydrogens is 272 g/mol. The Kier molecular flexibility index (Phi) is 5.32. The van der Waals surface area contributed by atoms with Crippen LogP contribution in [0.4, 0.5) is 17.3 Å². The summed E-state index contributed by atoms with van der Waals surface area (Å²) in [5, 5.41) is 17.4. The van der Waals surface area contributed by atoms with Gasteiger partial charge in [0.05, 0.1) is 4.92 Å². The van der Waals surface area contributed by atoms with Crippen molar-refractivity contribution in [3.8, 4) is 0 Å². The summed E-state index contributed by atoms with van der Waals surface area (Å²) < 4.78 is 5.35. The van der Waals surface area contributed by atoms with E-state index in [0.29, 0.717) is 17.6 Å². The highest BCUT2D eigenvalue weighted by Gasteiger charge is 2.24. The van der Waals surface area contributed by atoms with Crippen LogP contribution in [0.5, 0.6) is 0 Å². The van der Waals surface area contributed by atoms with Gasteiger partial charge >= 0.3 is 5.69 Å². The molecule has 1 aliphatic rings. The Hall–Kier alpha value is -1.89. The van der Waals surface area contributed by atoms with E-state index >= 15 is 0 Å². The Labute approximate surface area is 124 Å². The lowest BCUT2D eigenvalue weighted by Gasteiger charge is -2.28. The molecule has 1 atom stereocenters. The number of pyridine rings is 1. The molecule has 1 aromatic heterocycles. The Morgan fingerprint density at radius 2 is 2.19 bits per heavy atom. The molecule has 21 heavy (non-hydrogen) atoms. The minimum atomic E-state index is -0.401. The fourth-order valence-corrected chi connectivity index (χ4v) is 2.53. The molecule has 0 saturated carbocycles. The first-order valence-electron chi connectivity index (χ1n) is 7.35. The van der Waals surface area contributed by atoms with Crippen LogP contribution in [-0.4, -0.2) is 35.7 Å². The molecule has 1 unspecified atom stereocenters. The van der Waals surface area contributed by atoms with Crippen molar-refractivity contribution in [2.24, 2.45) is 5.92 Å². The number of ether oxygens (including phenoxy) is 1. The highest BCUT2D eigenvalue weighted by molar-refractivity contribution is 5.60. The highest BCUT2D eigenvalue weighted by Crippen LogP contribution is 2.27. The molecule has 2 N–H and O–H groups in total. The molecule has 0 bridgehead atoms. The molecule has 0 aliphatic carbocycles. The van der Waals surface area contributed by atoms with Gasteiger partial charge in [0.2, 0.25) is 5.82 Å². The second kappa shape index (κ2) is 7.21. The van der Waals surface area contributed by atoms with Crippen LogP contribution in [-0.2, 0) is 4.74 Å². The summed E-state index contributed by atoms with van der Waals surface area (Å²) in [7, 11) is 0. The van der Waals surface area contributed by atoms with Gasteiger partial charge in [-0.15, -0.1) is 0 Å². The predicted molar refractivity (Wildman–Crippen MR) is 81.7 cm³/mol. The van der Waals surface area contributed by atoms with E-state index in [1.165, 1.54) is 6.07 Å². The van der Waals surface area contributed by atoms with E-state index in [1.807, 2.05) is 13.8 Å². The Morgan fingerprint density at radius 3 is 2.81 bits per heavy atom. The largest absolute Gasteiger partial charge is 0.381 e. The van der Waals surface area contributed by atoms with Crippen LogP contribution in [0.15, 0.2) is 12.1 Å². The summed E-state index contributed by atoms with van der Waals surface area (Å²) in [5.41, 5.74) is 0.00978. The average molecular weight is 294 g/mol. The second-order valence-electron chi connectivity index (χ2n) is 5.23. The lowest BCUT2D eigenvalue weighted by Crippen LogP contribution is -2.31. The first kappa shape index (κ1) is 15.5. The number of nitrogens with one attached hydrogen (secondary N) is 2. The molecule has 2 heterocycles. The maximum atomic E-state index is 11.1. The average Bonchev–Trinajstić information content (AvgIpc) is 2.48. The van der Waals surface area contributed by atoms with Gasteiger partial charge in [-0.3, -0.25) is 10.1 Å². The van der Waals surface area contributed by atoms with Crippen LogP contribution in [0.1, 0.15) is 26.7 Å². The quantitative estimate of drug-likeness (QED) is 0.619. The SMILES string of the molecule is CCNc1ccc([N+](=O)[O-])c(NC(C)C2CCOCC2)n1. The summed E-state index contributed by atoms with van der Waals surface area (Å²) >= 11 is 0. The minimum absolute atomic E-state index is 0.00978. The third-order valence-corrected chi connectivity index (χ3v) is 3.77. The molecule has 0 radical (unpaired) electrons. The standard InChI is InChI=1S/C14H22N4O3/c1-3-15-13-5-4-12(18(19)20)14(17-13)16-10(2)11-6-8-21-9-7-11/h4-5,10-11H,3,6-9H2,1-2H3,(H2,15,16,17). The van der Waals surface area contributed by atoms with Gasteiger partial charge in [-0.1, -0.05) is 0 Å². The molecule has 0 aromatic carbocycles. The Bertz CT molecular complexity index is 489. The topological polar surface area (TPSA) is 89.3 Å². The van der Waals surface area contributed by atoms with E-state index in [4.69, 9.17) is 4.74 Å². The second-order valence-corrected chi connectivity index (χ2v) is 5.23. The zero-order valence-electron chi connectivity index (χ0n) is 12.5. The van der Waals surface area contributed by atoms with Gasteiger partial charge in [-0.05, 0) is 38.7 Å². The Balaban J connectivity index is 2.15. The summed E-state index contributed by atoms with van der Waals surface area (Å²) in [4.78, 5) is 15.1. The number of hydrogen-bond donors (Lipinski definition) is 2. The fraction of sp³-hybridized carbons (Fsp3) is 0.643. The molecule has 0 amide bonds. The van der Waals surface area contributed by atoms with Crippen LogP contribution in [0, 0.1) is 16.0 Å². The van der Waals surface area contributed by atoms with Gasteiger partial charge < -0.3 is 15.4 Å². The number of aromatic nitrogens is 1. The van der Waals surface area contributed by atoms with Gasteiger partial charge in [0.1, 0.15) is 5.82 Å². The van der Waals surface area contributed by atoms with Crippen molar-refractivity contribution in [1.29, 1.82) is 0 Å². The van der Waals surface area contributed by atoms with Crippen molar-refractivity contribution < 1.29 is 9.66 Å². The number of anilines is 2. The lowest BCUT2D eigenvalue weighted by molar-refractivity contribution is -0.384. The van der Waals surface area contributed by atoms with Crippen LogP contribution in [0.3, 0.4) is 0 Å². The van der Waals surface area contributed by atoms with Crippen LogP contribution in [0.25, 0.3) is 0 Å². The highest BCUT2D eigenvalue weighted by atomic mass is 16.6. The normalized spacial score (nSPS) is 17.2. The summed E-state index contributed by atoms with van der Waals surface area (Å²) in [6.45, 7) is 6.23. The van der Waals surface area contributed by atoms with Gasteiger partial charge in [-0.25, -0.2) is 4.98 Å². The summed E-state index contributed by atoms with van der Waals surface area (Å²) in [6, 6.07) is 3.24. The zero-order valence-corrected chi connectivity index (χ0v) is 12.5. The maximum Gasteiger partial charge on any atom is 0.311 e. The number of nitrogens with zero attached hydrogens (tertiary/aromatic N) is 2. The van der Waals surface area contributed by atoms with Crippen molar-refractivity contribution in [2.75, 3.05) is 30.4 Å². The van der Waals surface area contributed by atoms with E-state index in [0.717, 1.165) is 32.6 Å². The summed E-state index contributed by atoms with van der Waals surface area (Å²) in [6.07, 6.45) is 1.93. The molecule has 2 rings (SSSR count). The van der Waals surface area contributed by atoms with Gasteiger partial charge in [-0.2, -0.15) is 0 Å². The molecule has 1 aromatic rings. The molecular formula is C14H22N4O3. The van der Waals surface area contributed by atoms with Crippen LogP contribution < -0.4 is 10.6 Å². The molecule has 7 nitrogen and oxygen atoms in total. The molecule has 1 fully saturated rings. The fourth-order valence-electron chi connectivity index (χ4n) is 2.53. The number of hydrogen-bond acceptors (Lipinski definition) is 6. The van der Waals surface area contributed by atoms with Gasteiger partial charge in [0.15, 0.2) is 0 Å². The predicted octanol–water partition coefficient (Wildman–Crippen LogP) is 2.65. The number of rotatable bonds is 6. The van der Waals surface area contributed by atoms with Gasteiger partial charge in [0.25, 0.3) is 0 Å². The molecule has 116 valence electrons. The lowest BCUT2D eigenvalue weighted by atomic mass is 9.93. The molecule has 0 spiro atoms. The molecule has 7 heteroatoms. The van der Waals surface area contributed by atoms with Crippen molar-refractivity contribution >= 4 is 17.3 Å². The van der Waals surface area contributed by atoms with Crippen molar-refractivity contribution in [3.05, 3.63) is 22.2 Å². The van der Waals surface area contributed by atoms with E-state index in [-0.39, 0.29) is 11.7 Å². The maximum absolute atomic E-state index is 11.1. The minimum Gasteiger partial charge on any atom is -0.381 e. The number of nitro groups is 1. The smallest absolute Gasteiger partial charge is 0.311 e. The molecule has 1 saturated heterocycles. The monoisotopic (exact) mass is 294 g/mol. The van der Waals surface area contributed by atoms with E-state index in [9.17, 15) is 10.1 Å². The van der Waals surface area contributed by atoms with E-state index in [2.05, 4.69) is 15.6 Å². The summed E-state index contributed by atoms with van der Waals surface area (Å²) in [5.74, 6) is 1.42. The van der Waals surface area contributed by atoms with Crippen LogP contribution in [0.2, 0.25) is 0 Å². The van der Waals surface area contributed by atoms with E-state index < -0.39 is 4.92 Å². The van der Waals surface area contributed by atoms with Crippen molar-refractivity contribution in [2.45, 2.75) is 32.7 Å². The van der Waals surface area contributed by atoms with Gasteiger partial charge in [0, 0.05) is 31.9 Å². The zero-order chi connectivity index (χ0) is 15.2. The molecule has 1 aliphatic heterocycles. The van der Waals surface area contributed by atoms with Crippen LogP contribution >= 0.6 is 0 Å². The third kappa shape index (κ3) is 4.04. The third-order valence-electron chi connectivity index (χ3n) is 3.77. The van der Waals surface area contributed by atoms with Crippen molar-refractivity contribution in [3.63, 3.8) is 0 Å². The first-order valence-corrected chi connectivity index (χ1v) is 7.35. The van der Waals surface area contributed by atoms with E-state index in [1.54, 1.807) is 6.07 Å². The first-order chi connectivity index (χ1) is 10.1. The van der Waals surface area contributed by atoms with Crippen molar-refractivity contribution in [1.82, 2.24) is 4.98 Å².